The minimum Gasteiger partial charge on any atom is -0.497 e. The summed E-state index contributed by atoms with van der Waals surface area (Å²) >= 11 is 6.29. The molecule has 0 spiro atoms. The van der Waals surface area contributed by atoms with Gasteiger partial charge >= 0.3 is 0 Å². The van der Waals surface area contributed by atoms with E-state index in [-0.39, 0.29) is 29.1 Å². The number of methoxy groups -OCH3 is 1. The number of pyridine rings is 2. The van der Waals surface area contributed by atoms with Crippen molar-refractivity contribution in [1.29, 1.82) is 0 Å². The van der Waals surface area contributed by atoms with Gasteiger partial charge in [0.2, 0.25) is 0 Å². The lowest BCUT2D eigenvalue weighted by Gasteiger charge is -2.10. The van der Waals surface area contributed by atoms with E-state index >= 15 is 0 Å². The minimum absolute atomic E-state index is 0.222. The zero-order chi connectivity index (χ0) is 22.5. The van der Waals surface area contributed by atoms with E-state index < -0.39 is 0 Å². The maximum atomic E-state index is 12.6. The molecule has 2 amide bonds. The normalized spacial score (nSPS) is 10.6. The molecule has 0 aliphatic heterocycles. The second-order valence-corrected chi connectivity index (χ2v) is 7.31. The number of aromatic nitrogens is 2. The van der Waals surface area contributed by atoms with Gasteiger partial charge in [0.15, 0.2) is 0 Å². The molecule has 160 valence electrons. The van der Waals surface area contributed by atoms with Crippen LogP contribution in [-0.2, 0) is 6.54 Å². The molecule has 2 aromatic heterocycles. The Hall–Kier alpha value is -3.97. The van der Waals surface area contributed by atoms with Crippen molar-refractivity contribution in [3.05, 3.63) is 94.9 Å². The molecule has 7 nitrogen and oxygen atoms in total. The lowest BCUT2D eigenvalue weighted by molar-refractivity contribution is 0.0950. The first-order chi connectivity index (χ1) is 15.5. The molecule has 0 fully saturated rings. The lowest BCUT2D eigenvalue weighted by Crippen LogP contribution is -2.23. The number of halogens is 1. The van der Waals surface area contributed by atoms with Gasteiger partial charge in [-0.1, -0.05) is 23.7 Å². The van der Waals surface area contributed by atoms with Crippen molar-refractivity contribution >= 4 is 40.0 Å². The molecule has 2 heterocycles. The number of anilines is 1. The molecule has 0 saturated carbocycles. The first-order valence-electron chi connectivity index (χ1n) is 9.77. The van der Waals surface area contributed by atoms with Crippen LogP contribution in [0.25, 0.3) is 10.9 Å². The van der Waals surface area contributed by atoms with Gasteiger partial charge in [-0.15, -0.1) is 0 Å². The Kier molecular flexibility index (Phi) is 6.28. The highest BCUT2D eigenvalue weighted by Gasteiger charge is 2.14. The summed E-state index contributed by atoms with van der Waals surface area (Å²) in [5.41, 5.74) is 2.44. The number of nitrogens with one attached hydrogen (secondary N) is 2. The fourth-order valence-electron chi connectivity index (χ4n) is 3.10. The van der Waals surface area contributed by atoms with Crippen molar-refractivity contribution < 1.29 is 14.3 Å². The number of fused-ring (bicyclic) bond motifs is 1. The standard InChI is InChI=1S/C24H19ClN4O3/c1-32-18-7-10-21-15(12-18)5-9-22(29-21)24(31)28-16-6-8-19(20(25)13-16)23(30)27-14-17-4-2-3-11-26-17/h2-13H,14H2,1H3,(H,27,30)(H,28,31). The molecular weight excluding hydrogens is 428 g/mol. The zero-order valence-electron chi connectivity index (χ0n) is 17.1. The third kappa shape index (κ3) is 4.84. The molecule has 0 aliphatic carbocycles. The minimum atomic E-state index is -0.383. The zero-order valence-corrected chi connectivity index (χ0v) is 17.9. The molecule has 8 heteroatoms. The van der Waals surface area contributed by atoms with Crippen LogP contribution in [-0.4, -0.2) is 28.9 Å². The third-order valence-corrected chi connectivity index (χ3v) is 5.07. The van der Waals surface area contributed by atoms with Gasteiger partial charge in [-0.05, 0) is 54.6 Å². The molecule has 2 aromatic carbocycles. The molecule has 4 aromatic rings. The van der Waals surface area contributed by atoms with Crippen LogP contribution in [0, 0.1) is 0 Å². The summed E-state index contributed by atoms with van der Waals surface area (Å²) in [4.78, 5) is 33.6. The van der Waals surface area contributed by atoms with Gasteiger partial charge in [0.05, 0.1) is 35.5 Å². The van der Waals surface area contributed by atoms with Crippen LogP contribution in [0.15, 0.2) is 72.9 Å². The van der Waals surface area contributed by atoms with Gasteiger partial charge in [-0.3, -0.25) is 14.6 Å². The molecule has 0 saturated heterocycles. The van der Waals surface area contributed by atoms with Crippen LogP contribution < -0.4 is 15.4 Å². The Balaban J connectivity index is 1.44. The predicted octanol–water partition coefficient (Wildman–Crippen LogP) is 4.47. The summed E-state index contributed by atoms with van der Waals surface area (Å²) in [5, 5.41) is 6.62. The first kappa shape index (κ1) is 21.3. The highest BCUT2D eigenvalue weighted by molar-refractivity contribution is 6.34. The van der Waals surface area contributed by atoms with Gasteiger partial charge < -0.3 is 15.4 Å². The van der Waals surface area contributed by atoms with Crippen LogP contribution in [0.3, 0.4) is 0 Å². The van der Waals surface area contributed by atoms with Gasteiger partial charge in [-0.2, -0.15) is 0 Å². The smallest absolute Gasteiger partial charge is 0.274 e. The number of hydrogen-bond acceptors (Lipinski definition) is 5. The summed E-state index contributed by atoms with van der Waals surface area (Å²) in [6.45, 7) is 0.286. The van der Waals surface area contributed by atoms with E-state index in [9.17, 15) is 9.59 Å². The van der Waals surface area contributed by atoms with Crippen LogP contribution in [0.5, 0.6) is 5.75 Å². The number of ether oxygens (including phenoxy) is 1. The number of amides is 2. The topological polar surface area (TPSA) is 93.2 Å². The maximum absolute atomic E-state index is 12.6. The second-order valence-electron chi connectivity index (χ2n) is 6.91. The van der Waals surface area contributed by atoms with Crippen LogP contribution in [0.4, 0.5) is 5.69 Å². The number of carbonyl (C=O) groups is 2. The summed E-state index contributed by atoms with van der Waals surface area (Å²) in [5.74, 6) is 0.00610. The quantitative estimate of drug-likeness (QED) is 0.455. The molecular formula is C24H19ClN4O3. The van der Waals surface area contributed by atoms with E-state index in [2.05, 4.69) is 20.6 Å². The van der Waals surface area contributed by atoms with Crippen LogP contribution in [0.2, 0.25) is 5.02 Å². The molecule has 4 rings (SSSR count). The Morgan fingerprint density at radius 2 is 1.88 bits per heavy atom. The first-order valence-corrected chi connectivity index (χ1v) is 10.1. The van der Waals surface area contributed by atoms with Crippen molar-refractivity contribution in [2.45, 2.75) is 6.54 Å². The largest absolute Gasteiger partial charge is 0.497 e. The van der Waals surface area contributed by atoms with Crippen molar-refractivity contribution in [2.75, 3.05) is 12.4 Å². The van der Waals surface area contributed by atoms with E-state index in [1.165, 1.54) is 6.07 Å². The average Bonchev–Trinajstić information content (AvgIpc) is 2.82. The van der Waals surface area contributed by atoms with E-state index in [1.807, 2.05) is 24.3 Å². The molecule has 0 bridgehead atoms. The number of carbonyl (C=O) groups excluding carboxylic acids is 2. The van der Waals surface area contributed by atoms with E-state index in [0.29, 0.717) is 16.8 Å². The summed E-state index contributed by atoms with van der Waals surface area (Å²) in [6, 6.07) is 19.0. The average molecular weight is 447 g/mol. The number of nitrogens with zero attached hydrogens (tertiary/aromatic N) is 2. The SMILES string of the molecule is COc1ccc2nc(C(=O)Nc3ccc(C(=O)NCc4ccccn4)c(Cl)c3)ccc2c1. The van der Waals surface area contributed by atoms with Crippen molar-refractivity contribution in [3.8, 4) is 5.75 Å². The molecule has 0 radical (unpaired) electrons. The Labute approximate surface area is 189 Å². The molecule has 0 unspecified atom stereocenters. The van der Waals surface area contributed by atoms with E-state index in [0.717, 1.165) is 16.8 Å². The molecule has 32 heavy (non-hydrogen) atoms. The maximum Gasteiger partial charge on any atom is 0.274 e. The fraction of sp³-hybridized carbons (Fsp3) is 0.0833. The Morgan fingerprint density at radius 1 is 1.00 bits per heavy atom. The van der Waals surface area contributed by atoms with Gasteiger partial charge in [0.1, 0.15) is 11.4 Å². The second kappa shape index (κ2) is 9.45. The summed E-state index contributed by atoms with van der Waals surface area (Å²) in [6.07, 6.45) is 1.66. The summed E-state index contributed by atoms with van der Waals surface area (Å²) < 4.78 is 5.20. The van der Waals surface area contributed by atoms with Crippen molar-refractivity contribution in [3.63, 3.8) is 0 Å². The van der Waals surface area contributed by atoms with Gasteiger partial charge in [-0.25, -0.2) is 4.98 Å². The van der Waals surface area contributed by atoms with Crippen molar-refractivity contribution in [1.82, 2.24) is 15.3 Å². The lowest BCUT2D eigenvalue weighted by atomic mass is 10.1. The molecule has 0 aliphatic rings. The fourth-order valence-corrected chi connectivity index (χ4v) is 3.36. The van der Waals surface area contributed by atoms with Crippen LogP contribution in [0.1, 0.15) is 26.5 Å². The van der Waals surface area contributed by atoms with Gasteiger partial charge in [0.25, 0.3) is 11.8 Å². The third-order valence-electron chi connectivity index (χ3n) is 4.76. The Morgan fingerprint density at radius 3 is 2.62 bits per heavy atom. The van der Waals surface area contributed by atoms with E-state index in [1.54, 1.807) is 49.7 Å². The highest BCUT2D eigenvalue weighted by atomic mass is 35.5. The number of rotatable bonds is 6. The number of hydrogen-bond donors (Lipinski definition) is 2. The van der Waals surface area contributed by atoms with Crippen molar-refractivity contribution in [2.24, 2.45) is 0 Å². The summed E-state index contributed by atoms with van der Waals surface area (Å²) in [7, 11) is 1.59. The van der Waals surface area contributed by atoms with E-state index in [4.69, 9.17) is 16.3 Å². The van der Waals surface area contributed by atoms with Crippen LogP contribution >= 0.6 is 11.6 Å². The molecule has 0 atom stereocenters. The van der Waals surface area contributed by atoms with Gasteiger partial charge in [0, 0.05) is 17.3 Å². The number of benzene rings is 2. The monoisotopic (exact) mass is 446 g/mol. The molecule has 2 N–H and O–H groups in total. The Bertz CT molecular complexity index is 1300. The predicted molar refractivity (Wildman–Crippen MR) is 123 cm³/mol. The highest BCUT2D eigenvalue weighted by Crippen LogP contribution is 2.23.